The molecule has 0 aliphatic heterocycles. The van der Waals surface area contributed by atoms with Crippen molar-refractivity contribution in [1.29, 1.82) is 0 Å². The summed E-state index contributed by atoms with van der Waals surface area (Å²) in [4.78, 5) is 27.1. The zero-order valence-electron chi connectivity index (χ0n) is 27.8. The third-order valence-electron chi connectivity index (χ3n) is 6.80. The summed E-state index contributed by atoms with van der Waals surface area (Å²) in [6.45, 7) is 10.6. The Hall–Kier alpha value is -3.28. The highest BCUT2D eigenvalue weighted by molar-refractivity contribution is 6.30. The third kappa shape index (κ3) is 14.6. The monoisotopic (exact) mass is 647 g/mol. The van der Waals surface area contributed by atoms with Crippen LogP contribution in [-0.2, 0) is 30.3 Å². The first kappa shape index (κ1) is 39.7. The second-order valence-corrected chi connectivity index (χ2v) is 11.9. The van der Waals surface area contributed by atoms with Gasteiger partial charge in [-0.05, 0) is 49.8 Å². The van der Waals surface area contributed by atoms with Gasteiger partial charge in [-0.1, -0.05) is 56.7 Å². The standard InChI is InChI=1S/C32H44ClN3O6.C2H6O/c1-23(10-8-7-9-19-41-6)25(3)42-29(16-18-36-27(15-17-34-36)12-14-30(38)39)31(40)35(21-32(4,5)22-37)28-13-11-26(33)20-24(28)2;1-3-2/h7-15,17,20,23,25,29,37H,16,18-19,21-22H2,1-6H3,(H,38,39);1-2H3/b9-7-,10-8-,14-12+;/t23?,25?,29-;/m1./s1. The molecule has 0 aliphatic carbocycles. The summed E-state index contributed by atoms with van der Waals surface area (Å²) >= 11 is 6.23. The number of carbonyl (C=O) groups is 2. The van der Waals surface area contributed by atoms with Crippen molar-refractivity contribution < 1.29 is 34.0 Å². The van der Waals surface area contributed by atoms with E-state index in [1.807, 2.05) is 65.0 Å². The van der Waals surface area contributed by atoms with Crippen LogP contribution in [0, 0.1) is 18.3 Å². The lowest BCUT2D eigenvalue weighted by Crippen LogP contribution is -2.47. The Morgan fingerprint density at radius 3 is 2.44 bits per heavy atom. The van der Waals surface area contributed by atoms with E-state index in [1.54, 1.807) is 55.3 Å². The molecule has 0 saturated heterocycles. The number of benzene rings is 1. The van der Waals surface area contributed by atoms with Crippen molar-refractivity contribution in [2.24, 2.45) is 11.3 Å². The van der Waals surface area contributed by atoms with Gasteiger partial charge in [0.05, 0.1) is 18.4 Å². The second kappa shape index (κ2) is 20.7. The van der Waals surface area contributed by atoms with E-state index < -0.39 is 17.5 Å². The van der Waals surface area contributed by atoms with Crippen molar-refractivity contribution in [3.8, 4) is 0 Å². The molecular weight excluding hydrogens is 598 g/mol. The van der Waals surface area contributed by atoms with Gasteiger partial charge in [0.15, 0.2) is 0 Å². The molecule has 10 nitrogen and oxygen atoms in total. The maximum absolute atomic E-state index is 14.3. The van der Waals surface area contributed by atoms with Crippen LogP contribution < -0.4 is 4.90 Å². The van der Waals surface area contributed by atoms with Crippen LogP contribution in [0.2, 0.25) is 5.02 Å². The lowest BCUT2D eigenvalue weighted by molar-refractivity contribution is -0.136. The number of hydrogen-bond acceptors (Lipinski definition) is 7. The molecule has 3 atom stereocenters. The van der Waals surface area contributed by atoms with E-state index in [1.165, 1.54) is 6.08 Å². The summed E-state index contributed by atoms with van der Waals surface area (Å²) in [6, 6.07) is 7.06. The number of methoxy groups -OCH3 is 2. The number of aliphatic hydroxyl groups excluding tert-OH is 1. The van der Waals surface area contributed by atoms with Gasteiger partial charge in [0.25, 0.3) is 5.91 Å². The van der Waals surface area contributed by atoms with Crippen LogP contribution in [0.5, 0.6) is 0 Å². The Kier molecular flexibility index (Phi) is 18.3. The van der Waals surface area contributed by atoms with Crippen LogP contribution in [0.1, 0.15) is 45.4 Å². The molecular formula is C34H50ClN3O7. The number of aliphatic hydroxyl groups is 1. The number of halogens is 1. The summed E-state index contributed by atoms with van der Waals surface area (Å²) < 4.78 is 17.4. The van der Waals surface area contributed by atoms with Gasteiger partial charge in [-0.2, -0.15) is 5.10 Å². The Balaban J connectivity index is 0.00000324. The van der Waals surface area contributed by atoms with Crippen molar-refractivity contribution in [2.75, 3.05) is 46.0 Å². The minimum atomic E-state index is -1.06. The van der Waals surface area contributed by atoms with E-state index in [4.69, 9.17) is 26.2 Å². The van der Waals surface area contributed by atoms with E-state index in [-0.39, 0.29) is 37.5 Å². The van der Waals surface area contributed by atoms with Crippen molar-refractivity contribution in [1.82, 2.24) is 9.78 Å². The fourth-order valence-corrected chi connectivity index (χ4v) is 4.41. The molecule has 0 aliphatic rings. The van der Waals surface area contributed by atoms with Crippen LogP contribution in [0.3, 0.4) is 0 Å². The number of hydrogen-bond donors (Lipinski definition) is 2. The largest absolute Gasteiger partial charge is 0.478 e. The normalized spacial score (nSPS) is 14.0. The zero-order chi connectivity index (χ0) is 34.0. The highest BCUT2D eigenvalue weighted by Gasteiger charge is 2.33. The molecule has 250 valence electrons. The molecule has 2 aromatic rings. The number of aliphatic carboxylic acids is 1. The molecule has 45 heavy (non-hydrogen) atoms. The van der Waals surface area contributed by atoms with Crippen molar-refractivity contribution >= 4 is 35.2 Å². The molecule has 0 radical (unpaired) electrons. The Morgan fingerprint density at radius 2 is 1.84 bits per heavy atom. The van der Waals surface area contributed by atoms with Gasteiger partial charge in [-0.25, -0.2) is 4.79 Å². The predicted molar refractivity (Wildman–Crippen MR) is 180 cm³/mol. The number of amides is 1. The SMILES string of the molecule is COC.COC/C=C\C=C/C(C)C(C)O[C@H](CCn1nccc1/C=C/C(=O)O)C(=O)N(CC(C)(C)CO)c1ccc(Cl)cc1C. The molecule has 0 saturated carbocycles. The Morgan fingerprint density at radius 1 is 1.16 bits per heavy atom. The van der Waals surface area contributed by atoms with Gasteiger partial charge in [0, 0.05) is 81.8 Å². The zero-order valence-corrected chi connectivity index (χ0v) is 28.5. The summed E-state index contributed by atoms with van der Waals surface area (Å²) in [7, 11) is 4.88. The number of ether oxygens (including phenoxy) is 3. The van der Waals surface area contributed by atoms with Crippen molar-refractivity contribution in [3.63, 3.8) is 0 Å². The predicted octanol–water partition coefficient (Wildman–Crippen LogP) is 5.82. The van der Waals surface area contributed by atoms with Crippen LogP contribution in [0.15, 0.2) is 60.8 Å². The first-order chi connectivity index (χ1) is 21.3. The van der Waals surface area contributed by atoms with Gasteiger partial charge in [-0.3, -0.25) is 9.48 Å². The third-order valence-corrected chi connectivity index (χ3v) is 7.03. The average Bonchev–Trinajstić information content (AvgIpc) is 3.44. The summed E-state index contributed by atoms with van der Waals surface area (Å²) in [6.07, 6.45) is 11.0. The number of allylic oxidation sites excluding steroid dienone is 2. The van der Waals surface area contributed by atoms with E-state index in [0.717, 1.165) is 11.6 Å². The first-order valence-electron chi connectivity index (χ1n) is 14.8. The van der Waals surface area contributed by atoms with Crippen LogP contribution >= 0.6 is 11.6 Å². The second-order valence-electron chi connectivity index (χ2n) is 11.5. The van der Waals surface area contributed by atoms with Gasteiger partial charge in [-0.15, -0.1) is 0 Å². The van der Waals surface area contributed by atoms with E-state index in [0.29, 0.717) is 29.6 Å². The lowest BCUT2D eigenvalue weighted by atomic mass is 9.93. The molecule has 2 unspecified atom stereocenters. The number of aryl methyl sites for hydroxylation is 2. The number of aromatic nitrogens is 2. The number of rotatable bonds is 17. The number of carboxylic acids is 1. The molecule has 2 N–H and O–H groups in total. The topological polar surface area (TPSA) is 123 Å². The van der Waals surface area contributed by atoms with Crippen molar-refractivity contribution in [2.45, 2.75) is 59.8 Å². The average molecular weight is 648 g/mol. The molecule has 1 heterocycles. The molecule has 1 amide bonds. The lowest BCUT2D eigenvalue weighted by Gasteiger charge is -2.35. The van der Waals surface area contributed by atoms with Gasteiger partial charge < -0.3 is 29.3 Å². The number of carbonyl (C=O) groups excluding carboxylic acids is 1. The van der Waals surface area contributed by atoms with Gasteiger partial charge >= 0.3 is 5.97 Å². The molecule has 2 rings (SSSR count). The van der Waals surface area contributed by atoms with Crippen LogP contribution in [0.4, 0.5) is 5.69 Å². The summed E-state index contributed by atoms with van der Waals surface area (Å²) in [5, 5.41) is 24.0. The summed E-state index contributed by atoms with van der Waals surface area (Å²) in [5.41, 5.74) is 1.53. The fourth-order valence-electron chi connectivity index (χ4n) is 4.18. The van der Waals surface area contributed by atoms with E-state index >= 15 is 0 Å². The Labute approximate surface area is 272 Å². The molecule has 0 spiro atoms. The smallest absolute Gasteiger partial charge is 0.328 e. The number of anilines is 1. The molecule has 11 heteroatoms. The maximum Gasteiger partial charge on any atom is 0.328 e. The van der Waals surface area contributed by atoms with E-state index in [2.05, 4.69) is 9.84 Å². The van der Waals surface area contributed by atoms with Crippen LogP contribution in [0.25, 0.3) is 6.08 Å². The summed E-state index contributed by atoms with van der Waals surface area (Å²) in [5.74, 6) is -1.32. The molecule has 0 bridgehead atoms. The maximum atomic E-state index is 14.3. The van der Waals surface area contributed by atoms with Crippen molar-refractivity contribution in [3.05, 3.63) is 77.1 Å². The minimum absolute atomic E-state index is 0.00846. The first-order valence-corrected chi connectivity index (χ1v) is 15.2. The fraction of sp³-hybridized carbons (Fsp3) is 0.500. The van der Waals surface area contributed by atoms with E-state index in [9.17, 15) is 14.7 Å². The highest BCUT2D eigenvalue weighted by atomic mass is 35.5. The quantitative estimate of drug-likeness (QED) is 0.163. The van der Waals surface area contributed by atoms with Gasteiger partial charge in [0.2, 0.25) is 0 Å². The molecule has 1 aromatic carbocycles. The number of carboxylic acid groups (broad SMARTS) is 1. The molecule has 0 fully saturated rings. The molecule has 1 aromatic heterocycles. The van der Waals surface area contributed by atoms with Gasteiger partial charge in [0.1, 0.15) is 6.10 Å². The van der Waals surface area contributed by atoms with Crippen LogP contribution in [-0.4, -0.2) is 85.2 Å². The highest BCUT2D eigenvalue weighted by Crippen LogP contribution is 2.29. The Bertz CT molecular complexity index is 1270. The number of nitrogens with zero attached hydrogens (tertiary/aromatic N) is 3. The minimum Gasteiger partial charge on any atom is -0.478 e.